The topological polar surface area (TPSA) is 119 Å². The molecule has 7 nitrogen and oxygen atoms in total. The molecule has 0 heterocycles. The Morgan fingerprint density at radius 3 is 1.97 bits per heavy atom. The number of halogens is 2. The van der Waals surface area contributed by atoms with Gasteiger partial charge in [0.15, 0.2) is 5.60 Å². The first-order valence-corrected chi connectivity index (χ1v) is 8.76. The molecule has 2 amide bonds. The van der Waals surface area contributed by atoms with Crippen molar-refractivity contribution in [1.82, 2.24) is 10.8 Å². The molecular formula is C21H20F2N2O5. The monoisotopic (exact) mass is 418 g/mol. The number of carbonyl (C=O) groups is 2. The second-order valence-electron chi connectivity index (χ2n) is 6.59. The number of rotatable bonds is 6. The lowest BCUT2D eigenvalue weighted by Crippen LogP contribution is -2.61. The zero-order valence-corrected chi connectivity index (χ0v) is 15.9. The summed E-state index contributed by atoms with van der Waals surface area (Å²) in [5.74, 6) is 3.52. The molecule has 0 radical (unpaired) electrons. The average Bonchev–Trinajstić information content (AvgIpc) is 2.75. The molecule has 0 bridgehead atoms. The highest BCUT2D eigenvalue weighted by Gasteiger charge is 2.46. The predicted molar refractivity (Wildman–Crippen MR) is 103 cm³/mol. The summed E-state index contributed by atoms with van der Waals surface area (Å²) in [6.07, 6.45) is -3.36. The molecule has 0 saturated heterocycles. The van der Waals surface area contributed by atoms with Gasteiger partial charge in [0.25, 0.3) is 18.2 Å². The number of carbonyl (C=O) groups excluding carboxylic acids is 2. The predicted octanol–water partition coefficient (Wildman–Crippen LogP) is 1.20. The molecule has 30 heavy (non-hydrogen) atoms. The largest absolute Gasteiger partial charge is 0.392 e. The van der Waals surface area contributed by atoms with Crippen LogP contribution in [0.2, 0.25) is 0 Å². The highest BCUT2D eigenvalue weighted by Crippen LogP contribution is 2.20. The van der Waals surface area contributed by atoms with Gasteiger partial charge in [-0.1, -0.05) is 24.0 Å². The molecule has 2 atom stereocenters. The van der Waals surface area contributed by atoms with Gasteiger partial charge in [0.05, 0.1) is 6.61 Å². The van der Waals surface area contributed by atoms with Crippen LogP contribution in [0.25, 0.3) is 0 Å². The zero-order valence-electron chi connectivity index (χ0n) is 15.9. The highest BCUT2D eigenvalue weighted by molar-refractivity contribution is 5.97. The molecule has 2 aromatic carbocycles. The molecule has 2 aromatic rings. The van der Waals surface area contributed by atoms with Gasteiger partial charge in [0.2, 0.25) is 0 Å². The number of alkyl halides is 2. The number of hydrogen-bond donors (Lipinski definition) is 5. The molecule has 5 N–H and O–H groups in total. The third-order valence-electron chi connectivity index (χ3n) is 4.31. The lowest BCUT2D eigenvalue weighted by molar-refractivity contribution is -0.149. The van der Waals surface area contributed by atoms with Crippen LogP contribution in [0, 0.1) is 11.8 Å². The van der Waals surface area contributed by atoms with Gasteiger partial charge in [-0.05, 0) is 48.9 Å². The van der Waals surface area contributed by atoms with E-state index in [4.69, 9.17) is 10.3 Å². The first kappa shape index (κ1) is 23.0. The van der Waals surface area contributed by atoms with Gasteiger partial charge in [-0.3, -0.25) is 14.8 Å². The van der Waals surface area contributed by atoms with E-state index in [-0.39, 0.29) is 12.2 Å². The van der Waals surface area contributed by atoms with Gasteiger partial charge in [0, 0.05) is 16.7 Å². The minimum absolute atomic E-state index is 0.0358. The lowest BCUT2D eigenvalue weighted by Gasteiger charge is -2.30. The maximum atomic E-state index is 13.0. The van der Waals surface area contributed by atoms with Crippen molar-refractivity contribution in [3.8, 4) is 11.8 Å². The highest BCUT2D eigenvalue weighted by atomic mass is 19.3. The van der Waals surface area contributed by atoms with Crippen molar-refractivity contribution in [2.24, 2.45) is 0 Å². The van der Waals surface area contributed by atoms with Gasteiger partial charge >= 0.3 is 0 Å². The first-order chi connectivity index (χ1) is 14.2. The van der Waals surface area contributed by atoms with E-state index >= 15 is 0 Å². The fraction of sp³-hybridized carbons (Fsp3) is 0.238. The quantitative estimate of drug-likeness (QED) is 0.274. The Bertz CT molecular complexity index is 948. The van der Waals surface area contributed by atoms with Crippen LogP contribution in [-0.4, -0.2) is 45.3 Å². The Labute approximate surface area is 171 Å². The fourth-order valence-electron chi connectivity index (χ4n) is 2.42. The number of hydroxylamine groups is 1. The average molecular weight is 418 g/mol. The first-order valence-electron chi connectivity index (χ1n) is 8.76. The van der Waals surface area contributed by atoms with Crippen molar-refractivity contribution < 1.29 is 33.8 Å². The summed E-state index contributed by atoms with van der Waals surface area (Å²) in [6.45, 7) is 0.606. The Kier molecular flexibility index (Phi) is 7.60. The number of amides is 2. The molecule has 0 fully saturated rings. The van der Waals surface area contributed by atoms with Crippen molar-refractivity contribution in [1.29, 1.82) is 0 Å². The lowest BCUT2D eigenvalue weighted by atomic mass is 9.95. The SMILES string of the molecule is CC(O)(C(F)F)C(NC(=O)c1ccc(C#Cc2ccc(CO)cc2)cc1)C(=O)NO. The third-order valence-corrected chi connectivity index (χ3v) is 4.31. The summed E-state index contributed by atoms with van der Waals surface area (Å²) < 4.78 is 26.1. The van der Waals surface area contributed by atoms with Crippen LogP contribution in [0.1, 0.15) is 34.0 Å². The van der Waals surface area contributed by atoms with E-state index in [1.165, 1.54) is 24.3 Å². The normalized spacial score (nSPS) is 13.6. The van der Waals surface area contributed by atoms with Crippen molar-refractivity contribution in [3.63, 3.8) is 0 Å². The molecule has 2 unspecified atom stereocenters. The number of aliphatic hydroxyl groups is 2. The van der Waals surface area contributed by atoms with E-state index in [0.717, 1.165) is 16.6 Å². The molecular weight excluding hydrogens is 398 g/mol. The maximum Gasteiger partial charge on any atom is 0.269 e. The van der Waals surface area contributed by atoms with Crippen molar-refractivity contribution in [2.75, 3.05) is 0 Å². The molecule has 0 aromatic heterocycles. The van der Waals surface area contributed by atoms with E-state index in [0.29, 0.717) is 12.5 Å². The summed E-state index contributed by atoms with van der Waals surface area (Å²) in [7, 11) is 0. The van der Waals surface area contributed by atoms with E-state index < -0.39 is 29.9 Å². The van der Waals surface area contributed by atoms with Gasteiger partial charge in [-0.2, -0.15) is 0 Å². The molecule has 0 saturated carbocycles. The van der Waals surface area contributed by atoms with Crippen LogP contribution in [0.15, 0.2) is 48.5 Å². The van der Waals surface area contributed by atoms with Crippen molar-refractivity contribution >= 4 is 11.8 Å². The minimum Gasteiger partial charge on any atom is -0.392 e. The third kappa shape index (κ3) is 5.61. The number of benzene rings is 2. The standard InChI is InChI=1S/C21H20F2N2O5/c1-21(29,20(22)23)17(19(28)25-30)24-18(27)16-10-8-14(9-11-16)3-2-13-4-6-15(12-26)7-5-13/h4-11,17,20,26,29-30H,12H2,1H3,(H,24,27)(H,25,28). The number of nitrogens with one attached hydrogen (secondary N) is 2. The number of aliphatic hydroxyl groups excluding tert-OH is 1. The molecule has 0 aliphatic carbocycles. The van der Waals surface area contributed by atoms with Gasteiger partial charge in [0.1, 0.15) is 6.04 Å². The van der Waals surface area contributed by atoms with Gasteiger partial charge < -0.3 is 15.5 Å². The van der Waals surface area contributed by atoms with Crippen LogP contribution >= 0.6 is 0 Å². The van der Waals surface area contributed by atoms with E-state index in [1.807, 2.05) is 5.32 Å². The Balaban J connectivity index is 2.14. The molecule has 2 rings (SSSR count). The maximum absolute atomic E-state index is 13.0. The second-order valence-corrected chi connectivity index (χ2v) is 6.59. The Hall–Kier alpha value is -3.32. The van der Waals surface area contributed by atoms with Crippen molar-refractivity contribution in [2.45, 2.75) is 31.6 Å². The summed E-state index contributed by atoms with van der Waals surface area (Å²) >= 11 is 0. The number of hydrogen-bond acceptors (Lipinski definition) is 5. The van der Waals surface area contributed by atoms with Crippen LogP contribution in [0.4, 0.5) is 8.78 Å². The summed E-state index contributed by atoms with van der Waals surface area (Å²) in [5.41, 5.74) is 0.339. The van der Waals surface area contributed by atoms with Crippen LogP contribution in [0.5, 0.6) is 0 Å². The van der Waals surface area contributed by atoms with Crippen LogP contribution in [-0.2, 0) is 11.4 Å². The zero-order chi connectivity index (χ0) is 22.3. The summed E-state index contributed by atoms with van der Waals surface area (Å²) in [4.78, 5) is 24.0. The summed E-state index contributed by atoms with van der Waals surface area (Å²) in [5, 5.41) is 29.6. The fourth-order valence-corrected chi connectivity index (χ4v) is 2.42. The second kappa shape index (κ2) is 9.93. The molecule has 9 heteroatoms. The van der Waals surface area contributed by atoms with Crippen LogP contribution < -0.4 is 10.8 Å². The van der Waals surface area contributed by atoms with Crippen molar-refractivity contribution in [3.05, 3.63) is 70.8 Å². The van der Waals surface area contributed by atoms with E-state index in [9.17, 15) is 23.5 Å². The minimum atomic E-state index is -3.36. The van der Waals surface area contributed by atoms with E-state index in [1.54, 1.807) is 24.3 Å². The van der Waals surface area contributed by atoms with Gasteiger partial charge in [-0.15, -0.1) is 0 Å². The Morgan fingerprint density at radius 1 is 1.03 bits per heavy atom. The van der Waals surface area contributed by atoms with Gasteiger partial charge in [-0.25, -0.2) is 14.3 Å². The molecule has 0 aliphatic rings. The van der Waals surface area contributed by atoms with Crippen LogP contribution in [0.3, 0.4) is 0 Å². The molecule has 0 spiro atoms. The smallest absolute Gasteiger partial charge is 0.269 e. The molecule has 158 valence electrons. The Morgan fingerprint density at radius 2 is 1.53 bits per heavy atom. The van der Waals surface area contributed by atoms with E-state index in [2.05, 4.69) is 11.8 Å². The molecule has 0 aliphatic heterocycles. The summed E-state index contributed by atoms with van der Waals surface area (Å²) in [6, 6.07) is 10.7.